The van der Waals surface area contributed by atoms with Gasteiger partial charge in [-0.15, -0.1) is 0 Å². The zero-order valence-corrected chi connectivity index (χ0v) is 5.90. The number of rotatable bonds is 1. The lowest BCUT2D eigenvalue weighted by molar-refractivity contribution is 1.27. The van der Waals surface area contributed by atoms with E-state index in [0.29, 0.717) is 0 Å². The maximum atomic E-state index is 4.63. The molecular formula is C6H7N2S-. The lowest BCUT2D eigenvalue weighted by atomic mass is 10.3. The maximum Gasteiger partial charge on any atom is 0.0317 e. The molecule has 1 aromatic heterocycles. The van der Waals surface area contributed by atoms with Gasteiger partial charge in [0.25, 0.3) is 0 Å². The first-order valence-corrected chi connectivity index (χ1v) is 3.04. The zero-order valence-electron chi connectivity index (χ0n) is 5.09. The number of hydrogen-bond acceptors (Lipinski definition) is 3. The summed E-state index contributed by atoms with van der Waals surface area (Å²) in [4.78, 5) is 3.91. The van der Waals surface area contributed by atoms with Crippen LogP contribution in [0.25, 0.3) is 0 Å². The molecule has 0 unspecified atom stereocenters. The van der Waals surface area contributed by atoms with Crippen molar-refractivity contribution in [3.8, 4) is 0 Å². The Labute approximate surface area is 59.9 Å². The molecule has 0 saturated heterocycles. The minimum Gasteiger partial charge on any atom is -0.670 e. The van der Waals surface area contributed by atoms with Gasteiger partial charge in [-0.2, -0.15) is 0 Å². The zero-order chi connectivity index (χ0) is 6.69. The second-order valence-electron chi connectivity index (χ2n) is 1.79. The van der Waals surface area contributed by atoms with Crippen LogP contribution in [0.2, 0.25) is 0 Å². The summed E-state index contributed by atoms with van der Waals surface area (Å²) in [5.41, 5.74) is 2.03. The highest BCUT2D eigenvalue weighted by Crippen LogP contribution is 2.09. The third-order valence-corrected chi connectivity index (χ3v) is 1.35. The van der Waals surface area contributed by atoms with Gasteiger partial charge < -0.3 is 17.5 Å². The topological polar surface area (TPSA) is 24.9 Å². The van der Waals surface area contributed by atoms with Crippen LogP contribution in [0, 0.1) is 6.92 Å². The van der Waals surface area contributed by atoms with Crippen LogP contribution in [0.3, 0.4) is 0 Å². The standard InChI is InChI=1S/C6H7N2S/c1-5-4-7-3-2-6(5)8-9/h2-4H,1H3,(H-,7,8,9)/q-1. The highest BCUT2D eigenvalue weighted by Gasteiger charge is 1.86. The Hall–Kier alpha value is -0.700. The number of aryl methyl sites for hydroxylation is 1. The largest absolute Gasteiger partial charge is 0.670 e. The summed E-state index contributed by atoms with van der Waals surface area (Å²) in [6.07, 6.45) is 3.48. The number of anilines is 1. The van der Waals surface area contributed by atoms with Crippen LogP contribution in [0.1, 0.15) is 5.56 Å². The molecular weight excluding hydrogens is 132 g/mol. The fraction of sp³-hybridized carbons (Fsp3) is 0.167. The number of nitrogens with one attached hydrogen (secondary N) is 1. The maximum absolute atomic E-state index is 4.63. The van der Waals surface area contributed by atoms with E-state index < -0.39 is 0 Å². The molecule has 0 amide bonds. The molecule has 0 aliphatic heterocycles. The van der Waals surface area contributed by atoms with Gasteiger partial charge in [-0.3, -0.25) is 4.98 Å². The van der Waals surface area contributed by atoms with Crippen LogP contribution in [0.15, 0.2) is 18.5 Å². The van der Waals surface area contributed by atoms with E-state index in [1.165, 1.54) is 0 Å². The van der Waals surface area contributed by atoms with E-state index in [1.54, 1.807) is 12.4 Å². The van der Waals surface area contributed by atoms with Crippen molar-refractivity contribution in [2.24, 2.45) is 0 Å². The summed E-state index contributed by atoms with van der Waals surface area (Å²) in [5, 5.41) is 0. The Morgan fingerprint density at radius 3 is 2.89 bits per heavy atom. The predicted octanol–water partition coefficient (Wildman–Crippen LogP) is 1.26. The van der Waals surface area contributed by atoms with Crippen LogP contribution >= 0.6 is 0 Å². The molecule has 0 aromatic carbocycles. The van der Waals surface area contributed by atoms with Gasteiger partial charge in [0.15, 0.2) is 0 Å². The van der Waals surface area contributed by atoms with Crippen molar-refractivity contribution in [1.82, 2.24) is 4.98 Å². The van der Waals surface area contributed by atoms with E-state index in [0.717, 1.165) is 11.3 Å². The fourth-order valence-electron chi connectivity index (χ4n) is 0.588. The predicted molar refractivity (Wildman–Crippen MR) is 40.0 cm³/mol. The molecule has 0 aliphatic rings. The molecule has 1 heterocycles. The first-order valence-electron chi connectivity index (χ1n) is 2.63. The molecule has 9 heavy (non-hydrogen) atoms. The van der Waals surface area contributed by atoms with Crippen molar-refractivity contribution in [2.75, 3.05) is 4.72 Å². The molecule has 0 spiro atoms. The summed E-state index contributed by atoms with van der Waals surface area (Å²) in [5.74, 6) is 0. The van der Waals surface area contributed by atoms with Crippen molar-refractivity contribution in [3.05, 3.63) is 24.0 Å². The first-order chi connectivity index (χ1) is 4.34. The normalized spacial score (nSPS) is 9.11. The van der Waals surface area contributed by atoms with Crippen molar-refractivity contribution in [2.45, 2.75) is 6.92 Å². The van der Waals surface area contributed by atoms with Crippen LogP contribution < -0.4 is 4.72 Å². The molecule has 0 aliphatic carbocycles. The summed E-state index contributed by atoms with van der Waals surface area (Å²) in [6, 6.07) is 1.85. The van der Waals surface area contributed by atoms with Gasteiger partial charge in [-0.05, 0) is 18.6 Å². The highest BCUT2D eigenvalue weighted by molar-refractivity contribution is 7.60. The number of hydrogen-bond donors (Lipinski definition) is 1. The van der Waals surface area contributed by atoms with Crippen LogP contribution in [-0.2, 0) is 12.8 Å². The summed E-state index contributed by atoms with van der Waals surface area (Å²) in [7, 11) is 0. The molecule has 3 heteroatoms. The summed E-state index contributed by atoms with van der Waals surface area (Å²) < 4.78 is 2.64. The van der Waals surface area contributed by atoms with Crippen molar-refractivity contribution in [1.29, 1.82) is 0 Å². The smallest absolute Gasteiger partial charge is 0.0317 e. The van der Waals surface area contributed by atoms with Crippen molar-refractivity contribution < 1.29 is 0 Å². The minimum absolute atomic E-state index is 0.958. The SMILES string of the molecule is Cc1cnccc1N[S-]. The van der Waals surface area contributed by atoms with Gasteiger partial charge in [0, 0.05) is 18.1 Å². The second-order valence-corrected chi connectivity index (χ2v) is 2.00. The van der Waals surface area contributed by atoms with Crippen LogP contribution in [0.5, 0.6) is 0 Å². The number of nitrogens with zero attached hydrogens (tertiary/aromatic N) is 1. The van der Waals surface area contributed by atoms with Crippen molar-refractivity contribution in [3.63, 3.8) is 0 Å². The van der Waals surface area contributed by atoms with Gasteiger partial charge in [-0.25, -0.2) is 0 Å². The van der Waals surface area contributed by atoms with E-state index >= 15 is 0 Å². The van der Waals surface area contributed by atoms with Gasteiger partial charge in [0.05, 0.1) is 0 Å². The van der Waals surface area contributed by atoms with Crippen LogP contribution in [0.4, 0.5) is 5.69 Å². The summed E-state index contributed by atoms with van der Waals surface area (Å²) in [6.45, 7) is 1.96. The third kappa shape index (κ3) is 1.36. The molecule has 0 atom stereocenters. The monoisotopic (exact) mass is 139 g/mol. The molecule has 1 aromatic rings. The van der Waals surface area contributed by atoms with E-state index in [1.807, 2.05) is 13.0 Å². The Bertz CT molecular complexity index is 200. The van der Waals surface area contributed by atoms with Crippen LogP contribution in [-0.4, -0.2) is 4.98 Å². The van der Waals surface area contributed by atoms with E-state index in [9.17, 15) is 0 Å². The molecule has 48 valence electrons. The van der Waals surface area contributed by atoms with Gasteiger partial charge in [0.2, 0.25) is 0 Å². The summed E-state index contributed by atoms with van der Waals surface area (Å²) >= 11 is 4.63. The lowest BCUT2D eigenvalue weighted by Gasteiger charge is -2.10. The Balaban J connectivity index is 3.01. The average molecular weight is 139 g/mol. The molecule has 1 N–H and O–H groups in total. The molecule has 0 saturated carbocycles. The number of pyridine rings is 1. The van der Waals surface area contributed by atoms with E-state index in [4.69, 9.17) is 0 Å². The lowest BCUT2D eigenvalue weighted by Crippen LogP contribution is -1.88. The van der Waals surface area contributed by atoms with E-state index in [-0.39, 0.29) is 0 Å². The average Bonchev–Trinajstić information content (AvgIpc) is 1.89. The van der Waals surface area contributed by atoms with E-state index in [2.05, 4.69) is 22.5 Å². The first kappa shape index (κ1) is 6.42. The van der Waals surface area contributed by atoms with Crippen molar-refractivity contribution >= 4 is 18.5 Å². The fourth-order valence-corrected chi connectivity index (χ4v) is 0.817. The molecule has 0 bridgehead atoms. The number of aromatic nitrogens is 1. The molecule has 2 nitrogen and oxygen atoms in total. The highest BCUT2D eigenvalue weighted by atomic mass is 32.1. The molecule has 1 rings (SSSR count). The Kier molecular flexibility index (Phi) is 1.95. The van der Waals surface area contributed by atoms with Gasteiger partial charge in [-0.1, -0.05) is 0 Å². The Morgan fingerprint density at radius 2 is 2.44 bits per heavy atom. The minimum atomic E-state index is 0.958. The van der Waals surface area contributed by atoms with Gasteiger partial charge >= 0.3 is 0 Å². The Morgan fingerprint density at radius 1 is 1.67 bits per heavy atom. The molecule has 0 fully saturated rings. The molecule has 0 radical (unpaired) electrons. The van der Waals surface area contributed by atoms with Gasteiger partial charge in [0.1, 0.15) is 0 Å². The second kappa shape index (κ2) is 2.73. The quantitative estimate of drug-likeness (QED) is 0.593. The third-order valence-electron chi connectivity index (χ3n) is 1.13.